The first-order chi connectivity index (χ1) is 8.31. The molecule has 0 aromatic heterocycles. The lowest BCUT2D eigenvalue weighted by atomic mass is 9.82. The van der Waals surface area contributed by atoms with Gasteiger partial charge < -0.3 is 10.5 Å². The summed E-state index contributed by atoms with van der Waals surface area (Å²) >= 11 is 0. The minimum Gasteiger partial charge on any atom is -0.381 e. The molecule has 1 heterocycles. The Hall–Kier alpha value is -0.860. The Morgan fingerprint density at radius 3 is 2.47 bits per heavy atom. The normalized spacial score (nSPS) is 19.2. The molecule has 2 nitrogen and oxygen atoms in total. The van der Waals surface area contributed by atoms with Crippen LogP contribution >= 0.6 is 0 Å². The quantitative estimate of drug-likeness (QED) is 0.868. The molecule has 2 N–H and O–H groups in total. The fourth-order valence-corrected chi connectivity index (χ4v) is 2.64. The second-order valence-corrected chi connectivity index (χ2v) is 5.02. The lowest BCUT2D eigenvalue weighted by Gasteiger charge is -2.28. The highest BCUT2D eigenvalue weighted by atomic mass is 16.5. The summed E-state index contributed by atoms with van der Waals surface area (Å²) in [4.78, 5) is 0. The van der Waals surface area contributed by atoms with Gasteiger partial charge in [0.25, 0.3) is 0 Å². The lowest BCUT2D eigenvalue weighted by Crippen LogP contribution is -2.20. The van der Waals surface area contributed by atoms with Crippen molar-refractivity contribution in [3.8, 4) is 0 Å². The van der Waals surface area contributed by atoms with Gasteiger partial charge in [0.2, 0.25) is 0 Å². The van der Waals surface area contributed by atoms with Crippen molar-refractivity contribution in [2.24, 2.45) is 11.7 Å². The van der Waals surface area contributed by atoms with Crippen molar-refractivity contribution in [1.82, 2.24) is 0 Å². The molecule has 0 saturated carbocycles. The van der Waals surface area contributed by atoms with E-state index >= 15 is 0 Å². The Labute approximate surface area is 104 Å². The van der Waals surface area contributed by atoms with E-state index in [2.05, 4.69) is 31.2 Å². The topological polar surface area (TPSA) is 35.2 Å². The van der Waals surface area contributed by atoms with E-state index in [0.717, 1.165) is 32.1 Å². The summed E-state index contributed by atoms with van der Waals surface area (Å²) < 4.78 is 5.42. The minimum absolute atomic E-state index is 0.644. The fourth-order valence-electron chi connectivity index (χ4n) is 2.64. The third-order valence-electron chi connectivity index (χ3n) is 3.91. The van der Waals surface area contributed by atoms with Crippen molar-refractivity contribution in [1.29, 1.82) is 0 Å². The van der Waals surface area contributed by atoms with Crippen LogP contribution < -0.4 is 5.73 Å². The Bertz CT molecular complexity index is 327. The van der Waals surface area contributed by atoms with Crippen LogP contribution in [0, 0.1) is 5.92 Å². The Balaban J connectivity index is 2.00. The summed E-state index contributed by atoms with van der Waals surface area (Å²) in [6.45, 7) is 4.93. The van der Waals surface area contributed by atoms with Gasteiger partial charge in [0.1, 0.15) is 0 Å². The third-order valence-corrected chi connectivity index (χ3v) is 3.91. The molecule has 17 heavy (non-hydrogen) atoms. The summed E-state index contributed by atoms with van der Waals surface area (Å²) in [6, 6.07) is 8.98. The number of rotatable bonds is 4. The van der Waals surface area contributed by atoms with Crippen molar-refractivity contribution < 1.29 is 4.74 Å². The van der Waals surface area contributed by atoms with Crippen LogP contribution in [0.25, 0.3) is 0 Å². The fraction of sp³-hybridized carbons (Fsp3) is 0.600. The van der Waals surface area contributed by atoms with Gasteiger partial charge in [-0.15, -0.1) is 0 Å². The van der Waals surface area contributed by atoms with Crippen LogP contribution in [0.2, 0.25) is 0 Å². The monoisotopic (exact) mass is 233 g/mol. The van der Waals surface area contributed by atoms with E-state index in [1.807, 2.05) is 0 Å². The summed E-state index contributed by atoms with van der Waals surface area (Å²) in [6.07, 6.45) is 3.38. The maximum absolute atomic E-state index is 5.56. The Kier molecular flexibility index (Phi) is 4.57. The molecule has 1 saturated heterocycles. The molecule has 1 aromatic rings. The largest absolute Gasteiger partial charge is 0.381 e. The molecule has 0 radical (unpaired) electrons. The molecule has 0 spiro atoms. The average Bonchev–Trinajstić information content (AvgIpc) is 2.40. The first-order valence-corrected chi connectivity index (χ1v) is 6.68. The first kappa shape index (κ1) is 12.6. The van der Waals surface area contributed by atoms with Gasteiger partial charge in [-0.2, -0.15) is 0 Å². The smallest absolute Gasteiger partial charge is 0.0468 e. The number of hydrogen-bond acceptors (Lipinski definition) is 2. The van der Waals surface area contributed by atoms with Gasteiger partial charge in [-0.3, -0.25) is 0 Å². The molecular weight excluding hydrogens is 210 g/mol. The molecular formula is C15H23NO. The summed E-state index contributed by atoms with van der Waals surface area (Å²) in [7, 11) is 0. The standard InChI is InChI=1S/C15H23NO/c1-12(15-7-10-17-11-8-15)14-4-2-13(3-5-14)6-9-16/h2-5,12,15H,6-11,16H2,1H3. The average molecular weight is 233 g/mol. The maximum Gasteiger partial charge on any atom is 0.0468 e. The van der Waals surface area contributed by atoms with Crippen LogP contribution in [-0.4, -0.2) is 19.8 Å². The van der Waals surface area contributed by atoms with Gasteiger partial charge in [-0.05, 0) is 48.8 Å². The number of benzene rings is 1. The van der Waals surface area contributed by atoms with Crippen molar-refractivity contribution >= 4 is 0 Å². The van der Waals surface area contributed by atoms with E-state index in [9.17, 15) is 0 Å². The highest BCUT2D eigenvalue weighted by Gasteiger charge is 2.21. The molecule has 1 aliphatic rings. The lowest BCUT2D eigenvalue weighted by molar-refractivity contribution is 0.0596. The molecule has 1 fully saturated rings. The Morgan fingerprint density at radius 1 is 1.24 bits per heavy atom. The molecule has 0 bridgehead atoms. The van der Waals surface area contributed by atoms with Crippen LogP contribution in [0.3, 0.4) is 0 Å². The van der Waals surface area contributed by atoms with E-state index in [-0.39, 0.29) is 0 Å². The van der Waals surface area contributed by atoms with Crippen molar-refractivity contribution in [3.05, 3.63) is 35.4 Å². The SMILES string of the molecule is CC(c1ccc(CCN)cc1)C1CCOCC1. The summed E-state index contributed by atoms with van der Waals surface area (Å²) in [5, 5.41) is 0. The van der Waals surface area contributed by atoms with Crippen molar-refractivity contribution in [2.45, 2.75) is 32.1 Å². The predicted octanol–water partition coefficient (Wildman–Crippen LogP) is 2.72. The summed E-state index contributed by atoms with van der Waals surface area (Å²) in [5.74, 6) is 1.43. The van der Waals surface area contributed by atoms with Gasteiger partial charge in [0.05, 0.1) is 0 Å². The molecule has 2 rings (SSSR count). The van der Waals surface area contributed by atoms with Gasteiger partial charge in [0.15, 0.2) is 0 Å². The second-order valence-electron chi connectivity index (χ2n) is 5.02. The van der Waals surface area contributed by atoms with E-state index in [0.29, 0.717) is 5.92 Å². The molecule has 1 aliphatic heterocycles. The molecule has 0 aliphatic carbocycles. The zero-order chi connectivity index (χ0) is 12.1. The molecule has 1 aromatic carbocycles. The Morgan fingerprint density at radius 2 is 1.88 bits per heavy atom. The van der Waals surface area contributed by atoms with Crippen LogP contribution in [-0.2, 0) is 11.2 Å². The molecule has 1 unspecified atom stereocenters. The van der Waals surface area contributed by atoms with Crippen molar-refractivity contribution in [3.63, 3.8) is 0 Å². The van der Waals surface area contributed by atoms with Crippen LogP contribution in [0.4, 0.5) is 0 Å². The van der Waals surface area contributed by atoms with E-state index in [1.165, 1.54) is 24.0 Å². The van der Waals surface area contributed by atoms with Gasteiger partial charge >= 0.3 is 0 Å². The van der Waals surface area contributed by atoms with Crippen LogP contribution in [0.15, 0.2) is 24.3 Å². The van der Waals surface area contributed by atoms with Crippen molar-refractivity contribution in [2.75, 3.05) is 19.8 Å². The molecule has 0 amide bonds. The predicted molar refractivity (Wildman–Crippen MR) is 71.2 cm³/mol. The number of nitrogens with two attached hydrogens (primary N) is 1. The minimum atomic E-state index is 0.644. The highest BCUT2D eigenvalue weighted by molar-refractivity contribution is 5.25. The molecule has 2 heteroatoms. The first-order valence-electron chi connectivity index (χ1n) is 6.68. The van der Waals surface area contributed by atoms with Gasteiger partial charge in [-0.1, -0.05) is 31.2 Å². The van der Waals surface area contributed by atoms with Gasteiger partial charge in [0, 0.05) is 13.2 Å². The summed E-state index contributed by atoms with van der Waals surface area (Å²) in [5.41, 5.74) is 8.36. The zero-order valence-corrected chi connectivity index (χ0v) is 10.7. The molecule has 1 atom stereocenters. The van der Waals surface area contributed by atoms with E-state index in [1.54, 1.807) is 0 Å². The maximum atomic E-state index is 5.56. The number of hydrogen-bond donors (Lipinski definition) is 1. The number of ether oxygens (including phenoxy) is 1. The highest BCUT2D eigenvalue weighted by Crippen LogP contribution is 2.31. The van der Waals surface area contributed by atoms with E-state index < -0.39 is 0 Å². The van der Waals surface area contributed by atoms with Crippen LogP contribution in [0.5, 0.6) is 0 Å². The van der Waals surface area contributed by atoms with E-state index in [4.69, 9.17) is 10.5 Å². The zero-order valence-electron chi connectivity index (χ0n) is 10.7. The third kappa shape index (κ3) is 3.30. The molecule has 94 valence electrons. The van der Waals surface area contributed by atoms with Crippen LogP contribution in [0.1, 0.15) is 36.8 Å². The second kappa shape index (κ2) is 6.18. The van der Waals surface area contributed by atoms with Gasteiger partial charge in [-0.25, -0.2) is 0 Å².